The van der Waals surface area contributed by atoms with Crippen LogP contribution in [0.15, 0.2) is 30.5 Å². The number of benzene rings is 1. The molecule has 0 radical (unpaired) electrons. The van der Waals surface area contributed by atoms with E-state index in [1.54, 1.807) is 26.0 Å². The van der Waals surface area contributed by atoms with E-state index in [1.807, 2.05) is 0 Å². The van der Waals surface area contributed by atoms with Gasteiger partial charge in [0.1, 0.15) is 23.3 Å². The molecule has 29 heavy (non-hydrogen) atoms. The lowest BCUT2D eigenvalue weighted by Gasteiger charge is -2.22. The van der Waals surface area contributed by atoms with Gasteiger partial charge >= 0.3 is 6.18 Å². The molecule has 0 spiro atoms. The number of alkyl halides is 3. The van der Waals surface area contributed by atoms with Crippen molar-refractivity contribution in [2.45, 2.75) is 32.1 Å². The van der Waals surface area contributed by atoms with Gasteiger partial charge in [-0.2, -0.15) is 18.2 Å². The lowest BCUT2D eigenvalue weighted by atomic mass is 10.0. The molecule has 1 aliphatic heterocycles. The summed E-state index contributed by atoms with van der Waals surface area (Å²) in [4.78, 5) is 13.0. The summed E-state index contributed by atoms with van der Waals surface area (Å²) in [6, 6.07) is 4.74. The summed E-state index contributed by atoms with van der Waals surface area (Å²) in [6.45, 7) is 3.52. The first-order chi connectivity index (χ1) is 13.7. The smallest absolute Gasteiger partial charge is 0.419 e. The molecule has 2 N–H and O–H groups in total. The van der Waals surface area contributed by atoms with Gasteiger partial charge in [-0.15, -0.1) is 0 Å². The van der Waals surface area contributed by atoms with Crippen molar-refractivity contribution in [3.63, 3.8) is 0 Å². The van der Waals surface area contributed by atoms with Crippen molar-refractivity contribution >= 4 is 34.3 Å². The van der Waals surface area contributed by atoms with E-state index in [9.17, 15) is 13.2 Å². The van der Waals surface area contributed by atoms with Gasteiger partial charge in [0.25, 0.3) is 0 Å². The highest BCUT2D eigenvalue weighted by atomic mass is 35.5. The molecule has 0 amide bonds. The van der Waals surface area contributed by atoms with E-state index in [0.29, 0.717) is 28.2 Å². The molecule has 0 unspecified atom stereocenters. The van der Waals surface area contributed by atoms with Crippen LogP contribution in [0, 0.1) is 0 Å². The zero-order chi connectivity index (χ0) is 20.8. The number of nitrogens with zero attached hydrogens (tertiary/aromatic N) is 3. The second-order valence-electron chi connectivity index (χ2n) is 6.86. The number of nitrogens with one attached hydrogen (secondary N) is 2. The van der Waals surface area contributed by atoms with E-state index in [-0.39, 0.29) is 23.6 Å². The van der Waals surface area contributed by atoms with Crippen molar-refractivity contribution in [1.82, 2.24) is 15.0 Å². The van der Waals surface area contributed by atoms with Crippen molar-refractivity contribution in [3.05, 3.63) is 46.7 Å². The number of rotatable bonds is 0. The minimum Gasteiger partial charge on any atom is -0.490 e. The summed E-state index contributed by atoms with van der Waals surface area (Å²) in [7, 11) is 0. The Bertz CT molecular complexity index is 1080. The van der Waals surface area contributed by atoms with Crippen molar-refractivity contribution in [1.29, 1.82) is 0 Å². The maximum atomic E-state index is 13.6. The Morgan fingerprint density at radius 2 is 1.97 bits per heavy atom. The van der Waals surface area contributed by atoms with E-state index in [0.717, 1.165) is 6.07 Å². The highest BCUT2D eigenvalue weighted by Crippen LogP contribution is 2.41. The average Bonchev–Trinajstić information content (AvgIpc) is 2.67. The third kappa shape index (κ3) is 3.87. The van der Waals surface area contributed by atoms with Gasteiger partial charge in [-0.05, 0) is 26.0 Å². The summed E-state index contributed by atoms with van der Waals surface area (Å²) >= 11 is 6.02. The Morgan fingerprint density at radius 1 is 1.17 bits per heavy atom. The topological polar surface area (TPSA) is 72.0 Å². The molecule has 0 fully saturated rings. The first-order valence-corrected chi connectivity index (χ1v) is 9.29. The Labute approximate surface area is 169 Å². The highest BCUT2D eigenvalue weighted by Gasteiger charge is 2.36. The molecule has 0 saturated carbocycles. The van der Waals surface area contributed by atoms with Crippen LogP contribution < -0.4 is 15.4 Å². The van der Waals surface area contributed by atoms with Crippen LogP contribution in [0.1, 0.15) is 31.0 Å². The minimum atomic E-state index is -4.54. The molecule has 4 rings (SSSR count). The number of ether oxygens (including phenoxy) is 1. The van der Waals surface area contributed by atoms with Gasteiger partial charge in [0.05, 0.1) is 29.4 Å². The first kappa shape index (κ1) is 19.5. The van der Waals surface area contributed by atoms with E-state index < -0.39 is 17.8 Å². The Balaban J connectivity index is 1.89. The van der Waals surface area contributed by atoms with Crippen molar-refractivity contribution < 1.29 is 17.9 Å². The van der Waals surface area contributed by atoms with Crippen LogP contribution in [0.3, 0.4) is 0 Å². The third-order valence-corrected chi connectivity index (χ3v) is 4.78. The van der Waals surface area contributed by atoms with Crippen LogP contribution in [-0.2, 0) is 6.18 Å². The molecule has 2 bridgehead atoms. The van der Waals surface area contributed by atoms with E-state index in [2.05, 4.69) is 25.6 Å². The molecular formula is C19H17ClF3N5O. The summed E-state index contributed by atoms with van der Waals surface area (Å²) in [6.07, 6.45) is -3.01. The maximum absolute atomic E-state index is 13.6. The van der Waals surface area contributed by atoms with Gasteiger partial charge in [0.15, 0.2) is 0 Å². The predicted octanol–water partition coefficient (Wildman–Crippen LogP) is 5.06. The van der Waals surface area contributed by atoms with Gasteiger partial charge in [-0.3, -0.25) is 0 Å². The number of anilines is 2. The van der Waals surface area contributed by atoms with Crippen LogP contribution in [0.4, 0.5) is 24.9 Å². The van der Waals surface area contributed by atoms with Gasteiger partial charge in [0, 0.05) is 10.9 Å². The molecule has 10 heteroatoms. The molecule has 2 atom stereocenters. The van der Waals surface area contributed by atoms with Gasteiger partial charge in [0.2, 0.25) is 5.95 Å². The normalized spacial score (nSPS) is 19.4. The van der Waals surface area contributed by atoms with Crippen molar-refractivity contribution in [2.75, 3.05) is 17.2 Å². The number of fused-ring (bicyclic) bond motifs is 5. The van der Waals surface area contributed by atoms with E-state index >= 15 is 0 Å². The van der Waals surface area contributed by atoms with Gasteiger partial charge < -0.3 is 15.4 Å². The molecule has 2 aromatic heterocycles. The van der Waals surface area contributed by atoms with E-state index in [4.69, 9.17) is 16.3 Å². The minimum absolute atomic E-state index is 0.00239. The SMILES string of the molecule is C[C@@H]1COc2c(cccc2C(F)(F)F)[C@@H](C)Nc2nc(nc3cnc(Cl)cc23)N1. The molecule has 1 aromatic carbocycles. The fraction of sp³-hybridized carbons (Fsp3) is 0.316. The number of hydrogen-bond acceptors (Lipinski definition) is 6. The van der Waals surface area contributed by atoms with Gasteiger partial charge in [-0.1, -0.05) is 23.7 Å². The van der Waals surface area contributed by atoms with Crippen LogP contribution in [0.2, 0.25) is 5.15 Å². The first-order valence-electron chi connectivity index (χ1n) is 8.91. The summed E-state index contributed by atoms with van der Waals surface area (Å²) in [5.41, 5.74) is 0.116. The Hall–Kier alpha value is -2.81. The quantitative estimate of drug-likeness (QED) is 0.492. The molecular weight excluding hydrogens is 407 g/mol. The Morgan fingerprint density at radius 3 is 2.72 bits per heavy atom. The van der Waals surface area contributed by atoms with E-state index in [1.165, 1.54) is 12.3 Å². The third-order valence-electron chi connectivity index (χ3n) is 4.57. The number of halogens is 4. The molecule has 3 aromatic rings. The second kappa shape index (κ2) is 7.22. The lowest BCUT2D eigenvalue weighted by Crippen LogP contribution is -2.25. The lowest BCUT2D eigenvalue weighted by molar-refractivity contribution is -0.139. The molecule has 0 aliphatic carbocycles. The molecule has 3 heterocycles. The zero-order valence-electron chi connectivity index (χ0n) is 15.5. The molecule has 1 aliphatic rings. The highest BCUT2D eigenvalue weighted by molar-refractivity contribution is 6.30. The number of pyridine rings is 1. The fourth-order valence-electron chi connectivity index (χ4n) is 3.21. The average molecular weight is 424 g/mol. The van der Waals surface area contributed by atoms with Crippen LogP contribution in [0.25, 0.3) is 10.9 Å². The summed E-state index contributed by atoms with van der Waals surface area (Å²) in [5, 5.41) is 7.11. The number of para-hydroxylation sites is 1. The number of aromatic nitrogens is 3. The maximum Gasteiger partial charge on any atom is 0.419 e. The van der Waals surface area contributed by atoms with Crippen molar-refractivity contribution in [2.24, 2.45) is 0 Å². The summed E-state index contributed by atoms with van der Waals surface area (Å²) in [5.74, 6) is 0.557. The fourth-order valence-corrected chi connectivity index (χ4v) is 3.37. The standard InChI is InChI=1S/C19H17ClF3N5O/c1-9-8-29-16-11(4-3-5-13(16)19(21,22)23)10(2)26-17-12-6-15(20)24-7-14(12)27-18(25-9)28-17/h3-7,9-10H,8H2,1-2H3,(H2,25,26,27,28)/t9-,10-/m1/s1. The van der Waals surface area contributed by atoms with Crippen LogP contribution in [0.5, 0.6) is 5.75 Å². The Kier molecular flexibility index (Phi) is 4.85. The van der Waals surface area contributed by atoms with Crippen molar-refractivity contribution in [3.8, 4) is 5.75 Å². The predicted molar refractivity (Wildman–Crippen MR) is 104 cm³/mol. The van der Waals surface area contributed by atoms with Crippen LogP contribution in [-0.4, -0.2) is 27.6 Å². The number of hydrogen-bond donors (Lipinski definition) is 2. The van der Waals surface area contributed by atoms with Gasteiger partial charge in [-0.25, -0.2) is 9.97 Å². The molecule has 152 valence electrons. The monoisotopic (exact) mass is 423 g/mol. The largest absolute Gasteiger partial charge is 0.490 e. The zero-order valence-corrected chi connectivity index (χ0v) is 16.3. The molecule has 0 saturated heterocycles. The second-order valence-corrected chi connectivity index (χ2v) is 7.25. The van der Waals surface area contributed by atoms with Crippen LogP contribution >= 0.6 is 11.6 Å². The summed E-state index contributed by atoms with van der Waals surface area (Å²) < 4.78 is 46.4. The molecule has 6 nitrogen and oxygen atoms in total.